The maximum atomic E-state index is 11.0. The smallest absolute Gasteiger partial charge is 0.133 e. The van der Waals surface area contributed by atoms with Crippen molar-refractivity contribution in [1.29, 1.82) is 10.5 Å². The molecule has 1 unspecified atom stereocenters. The first-order chi connectivity index (χ1) is 11.2. The van der Waals surface area contributed by atoms with Crippen LogP contribution in [0.5, 0.6) is 5.75 Å². The monoisotopic (exact) mass is 308 g/mol. The van der Waals surface area contributed by atoms with Gasteiger partial charge in [0, 0.05) is 24.3 Å². The highest BCUT2D eigenvalue weighted by molar-refractivity contribution is 5.79. The molecule has 0 saturated heterocycles. The zero-order valence-electron chi connectivity index (χ0n) is 13.3. The van der Waals surface area contributed by atoms with Gasteiger partial charge in [0.15, 0.2) is 0 Å². The molecule has 0 aliphatic carbocycles. The first-order valence-corrected chi connectivity index (χ1v) is 7.98. The van der Waals surface area contributed by atoms with Crippen LogP contribution in [0.2, 0.25) is 0 Å². The summed E-state index contributed by atoms with van der Waals surface area (Å²) >= 11 is 0. The second kappa shape index (κ2) is 8.15. The fourth-order valence-electron chi connectivity index (χ4n) is 3.04. The number of rotatable bonds is 6. The highest BCUT2D eigenvalue weighted by atomic mass is 16.5. The molecule has 2 atom stereocenters. The molecule has 118 valence electrons. The topological polar surface area (TPSA) is 73.9 Å². The molecular formula is C19H20N2O2. The van der Waals surface area contributed by atoms with E-state index in [1.807, 2.05) is 36.4 Å². The lowest BCUT2D eigenvalue weighted by atomic mass is 9.84. The maximum Gasteiger partial charge on any atom is 0.133 e. The Morgan fingerprint density at radius 2 is 2.13 bits per heavy atom. The summed E-state index contributed by atoms with van der Waals surface area (Å²) in [7, 11) is 0. The molecule has 23 heavy (non-hydrogen) atoms. The molecule has 0 N–H and O–H groups in total. The molecule has 0 radical (unpaired) electrons. The maximum absolute atomic E-state index is 11.0. The van der Waals surface area contributed by atoms with Crippen LogP contribution in [0.25, 0.3) is 5.57 Å². The van der Waals surface area contributed by atoms with E-state index in [0.717, 1.165) is 36.7 Å². The second-order valence-electron chi connectivity index (χ2n) is 5.74. The van der Waals surface area contributed by atoms with Crippen molar-refractivity contribution in [1.82, 2.24) is 0 Å². The van der Waals surface area contributed by atoms with E-state index in [4.69, 9.17) is 4.74 Å². The van der Waals surface area contributed by atoms with Gasteiger partial charge in [-0.05, 0) is 18.1 Å². The van der Waals surface area contributed by atoms with E-state index >= 15 is 0 Å². The van der Waals surface area contributed by atoms with Gasteiger partial charge < -0.3 is 9.53 Å². The van der Waals surface area contributed by atoms with Crippen LogP contribution in [-0.2, 0) is 4.79 Å². The van der Waals surface area contributed by atoms with E-state index in [-0.39, 0.29) is 17.6 Å². The number of ether oxygens (including phenoxy) is 1. The number of nitrogens with zero attached hydrogens (tertiary/aromatic N) is 2. The Bertz CT molecular complexity index is 663. The van der Waals surface area contributed by atoms with Crippen LogP contribution in [0.4, 0.5) is 0 Å². The molecule has 1 aromatic carbocycles. The molecule has 1 aromatic rings. The quantitative estimate of drug-likeness (QED) is 0.587. The summed E-state index contributed by atoms with van der Waals surface area (Å²) in [4.78, 5) is 11.0. The van der Waals surface area contributed by atoms with Crippen LogP contribution >= 0.6 is 0 Å². The molecule has 4 nitrogen and oxygen atoms in total. The summed E-state index contributed by atoms with van der Waals surface area (Å²) in [6, 6.07) is 11.4. The van der Waals surface area contributed by atoms with E-state index in [9.17, 15) is 15.3 Å². The average molecular weight is 308 g/mol. The van der Waals surface area contributed by atoms with Gasteiger partial charge in [-0.2, -0.15) is 10.5 Å². The third-order valence-corrected chi connectivity index (χ3v) is 4.27. The number of hydrogen-bond acceptors (Lipinski definition) is 4. The second-order valence-corrected chi connectivity index (χ2v) is 5.74. The summed E-state index contributed by atoms with van der Waals surface area (Å²) in [5.74, 6) is 0.795. The van der Waals surface area contributed by atoms with Crippen LogP contribution < -0.4 is 4.74 Å². The molecule has 1 heterocycles. The molecule has 1 aliphatic rings. The lowest BCUT2D eigenvalue weighted by Gasteiger charge is -2.33. The van der Waals surface area contributed by atoms with Gasteiger partial charge in [-0.1, -0.05) is 38.0 Å². The number of unbranched alkanes of at least 4 members (excludes halogenated alkanes) is 1. The molecule has 2 rings (SSSR count). The predicted molar refractivity (Wildman–Crippen MR) is 87.3 cm³/mol. The van der Waals surface area contributed by atoms with Gasteiger partial charge in [-0.25, -0.2) is 0 Å². The Balaban J connectivity index is 2.40. The first kappa shape index (κ1) is 16.8. The molecule has 0 saturated carbocycles. The number of fused-ring (bicyclic) bond motifs is 1. The number of aldehydes is 1. The summed E-state index contributed by atoms with van der Waals surface area (Å²) in [5.41, 5.74) is 1.67. The van der Waals surface area contributed by atoms with E-state index in [1.54, 1.807) is 0 Å². The standard InChI is InChI=1S/C19H20N2O2/c1-2-3-6-14(9-10-22)19-11-17(15(12-20)13-21)16-7-4-5-8-18(16)23-19/h4-5,7-8,10,14,19H,2-3,6,9,11H2,1H3/t14-,19?/m1/s1. The van der Waals surface area contributed by atoms with Crippen molar-refractivity contribution in [2.24, 2.45) is 5.92 Å². The number of hydrogen-bond donors (Lipinski definition) is 0. The number of carbonyl (C=O) groups excluding carboxylic acids is 1. The summed E-state index contributed by atoms with van der Waals surface area (Å²) in [5, 5.41) is 18.5. The van der Waals surface area contributed by atoms with Crippen molar-refractivity contribution in [2.75, 3.05) is 0 Å². The molecule has 0 fully saturated rings. The summed E-state index contributed by atoms with van der Waals surface area (Å²) in [6.45, 7) is 2.11. The van der Waals surface area contributed by atoms with E-state index < -0.39 is 0 Å². The predicted octanol–water partition coefficient (Wildman–Crippen LogP) is 4.03. The van der Waals surface area contributed by atoms with Gasteiger partial charge in [0.05, 0.1) is 0 Å². The highest BCUT2D eigenvalue weighted by Gasteiger charge is 2.31. The van der Waals surface area contributed by atoms with Crippen molar-refractivity contribution in [3.05, 3.63) is 35.4 Å². The Labute approximate surface area is 137 Å². The number of allylic oxidation sites excluding steroid dienone is 1. The Morgan fingerprint density at radius 1 is 1.39 bits per heavy atom. The van der Waals surface area contributed by atoms with Gasteiger partial charge in [0.25, 0.3) is 0 Å². The number of benzene rings is 1. The Kier molecular flexibility index (Phi) is 5.94. The number of carbonyl (C=O) groups is 1. The third-order valence-electron chi connectivity index (χ3n) is 4.27. The van der Waals surface area contributed by atoms with Crippen molar-refractivity contribution in [2.45, 2.75) is 45.1 Å². The molecular weight excluding hydrogens is 288 g/mol. The van der Waals surface area contributed by atoms with Gasteiger partial charge in [0.1, 0.15) is 35.9 Å². The molecule has 0 amide bonds. The van der Waals surface area contributed by atoms with Crippen molar-refractivity contribution in [3.8, 4) is 17.9 Å². The third kappa shape index (κ3) is 3.79. The zero-order chi connectivity index (χ0) is 16.7. The Hall–Kier alpha value is -2.59. The minimum Gasteiger partial charge on any atom is -0.489 e. The minimum absolute atomic E-state index is 0.106. The van der Waals surface area contributed by atoms with Gasteiger partial charge in [-0.15, -0.1) is 0 Å². The fourth-order valence-corrected chi connectivity index (χ4v) is 3.04. The van der Waals surface area contributed by atoms with Crippen molar-refractivity contribution < 1.29 is 9.53 Å². The van der Waals surface area contributed by atoms with Crippen LogP contribution in [0.3, 0.4) is 0 Å². The molecule has 0 aromatic heterocycles. The van der Waals surface area contributed by atoms with Gasteiger partial charge >= 0.3 is 0 Å². The lowest BCUT2D eigenvalue weighted by Crippen LogP contribution is -2.31. The minimum atomic E-state index is -0.173. The van der Waals surface area contributed by atoms with Crippen LogP contribution in [0.15, 0.2) is 29.8 Å². The number of nitriles is 2. The van der Waals surface area contributed by atoms with Crippen LogP contribution in [-0.4, -0.2) is 12.4 Å². The summed E-state index contributed by atoms with van der Waals surface area (Å²) < 4.78 is 6.10. The fraction of sp³-hybridized carbons (Fsp3) is 0.421. The van der Waals surface area contributed by atoms with E-state index in [0.29, 0.717) is 18.6 Å². The average Bonchev–Trinajstić information content (AvgIpc) is 2.59. The normalized spacial score (nSPS) is 17.2. The van der Waals surface area contributed by atoms with E-state index in [1.165, 1.54) is 0 Å². The number of para-hydroxylation sites is 1. The SMILES string of the molecule is CCCC[C@H](CC=O)C1CC(=C(C#N)C#N)c2ccccc2O1. The lowest BCUT2D eigenvalue weighted by molar-refractivity contribution is -0.109. The molecule has 0 bridgehead atoms. The van der Waals surface area contributed by atoms with E-state index in [2.05, 4.69) is 6.92 Å². The highest BCUT2D eigenvalue weighted by Crippen LogP contribution is 2.40. The van der Waals surface area contributed by atoms with Gasteiger partial charge in [-0.3, -0.25) is 0 Å². The van der Waals surface area contributed by atoms with Crippen LogP contribution in [0.1, 0.15) is 44.6 Å². The largest absolute Gasteiger partial charge is 0.489 e. The van der Waals surface area contributed by atoms with Crippen molar-refractivity contribution >= 4 is 11.9 Å². The molecule has 1 aliphatic heterocycles. The van der Waals surface area contributed by atoms with Crippen molar-refractivity contribution in [3.63, 3.8) is 0 Å². The van der Waals surface area contributed by atoms with Crippen LogP contribution in [0, 0.1) is 28.6 Å². The zero-order valence-corrected chi connectivity index (χ0v) is 13.3. The summed E-state index contributed by atoms with van der Waals surface area (Å²) in [6.07, 6.45) is 4.69. The first-order valence-electron chi connectivity index (χ1n) is 7.98. The molecule has 0 spiro atoms. The molecule has 4 heteroatoms. The Morgan fingerprint density at radius 3 is 2.78 bits per heavy atom. The van der Waals surface area contributed by atoms with Gasteiger partial charge in [0.2, 0.25) is 0 Å².